The van der Waals surface area contributed by atoms with E-state index in [1.807, 2.05) is 38.6 Å². The smallest absolute Gasteiger partial charge is 0.407 e. The maximum Gasteiger partial charge on any atom is 0.407 e. The van der Waals surface area contributed by atoms with Gasteiger partial charge >= 0.3 is 6.09 Å². The molecule has 18 heavy (non-hydrogen) atoms. The van der Waals surface area contributed by atoms with Gasteiger partial charge in [-0.05, 0) is 20.8 Å². The fourth-order valence-corrected chi connectivity index (χ4v) is 1.48. The molecule has 0 aliphatic heterocycles. The molecule has 0 saturated heterocycles. The molecule has 0 saturated carbocycles. The zero-order valence-corrected chi connectivity index (χ0v) is 11.4. The lowest BCUT2D eigenvalue weighted by Crippen LogP contribution is -2.44. The van der Waals surface area contributed by atoms with Crippen molar-refractivity contribution in [2.45, 2.75) is 38.8 Å². The molecule has 1 aromatic heterocycles. The Labute approximate surface area is 108 Å². The number of carbonyl (C=O) groups excluding carboxylic acids is 1. The van der Waals surface area contributed by atoms with Gasteiger partial charge in [-0.25, -0.2) is 9.78 Å². The van der Waals surface area contributed by atoms with Crippen LogP contribution in [0.15, 0.2) is 12.4 Å². The quantitative estimate of drug-likeness (QED) is 0.833. The molecule has 1 amide bonds. The predicted octanol–water partition coefficient (Wildman–Crippen LogP) is 0.815. The third kappa shape index (κ3) is 4.75. The number of nitrogens with one attached hydrogen (secondary N) is 1. The highest BCUT2D eigenvalue weighted by Gasteiger charge is 2.19. The molecule has 0 spiro atoms. The molecule has 1 heterocycles. The lowest BCUT2D eigenvalue weighted by Gasteiger charge is -2.22. The number of carbonyl (C=O) groups is 1. The van der Waals surface area contributed by atoms with Gasteiger partial charge in [0.2, 0.25) is 0 Å². The number of hydrogen-bond acceptors (Lipinski definition) is 4. The number of aromatic nitrogens is 2. The third-order valence-corrected chi connectivity index (χ3v) is 2.36. The van der Waals surface area contributed by atoms with Gasteiger partial charge in [-0.3, -0.25) is 0 Å². The van der Waals surface area contributed by atoms with E-state index in [0.29, 0.717) is 13.0 Å². The van der Waals surface area contributed by atoms with E-state index >= 15 is 0 Å². The first-order valence-corrected chi connectivity index (χ1v) is 5.97. The molecule has 0 radical (unpaired) electrons. The van der Waals surface area contributed by atoms with Crippen molar-refractivity contribution < 1.29 is 9.53 Å². The monoisotopic (exact) mass is 254 g/mol. The summed E-state index contributed by atoms with van der Waals surface area (Å²) in [6, 6.07) is -0.180. The van der Waals surface area contributed by atoms with Crippen molar-refractivity contribution in [3.63, 3.8) is 0 Å². The van der Waals surface area contributed by atoms with Crippen LogP contribution in [0.25, 0.3) is 0 Å². The normalized spacial score (nSPS) is 13.2. The highest BCUT2D eigenvalue weighted by Crippen LogP contribution is 2.07. The van der Waals surface area contributed by atoms with E-state index in [1.54, 1.807) is 6.20 Å². The molecular formula is C12H22N4O2. The van der Waals surface area contributed by atoms with Crippen LogP contribution < -0.4 is 11.1 Å². The van der Waals surface area contributed by atoms with Gasteiger partial charge in [0, 0.05) is 32.4 Å². The molecule has 0 aromatic carbocycles. The molecule has 6 heteroatoms. The van der Waals surface area contributed by atoms with Crippen LogP contribution in [0.4, 0.5) is 4.79 Å². The molecule has 1 unspecified atom stereocenters. The maximum atomic E-state index is 11.6. The van der Waals surface area contributed by atoms with Gasteiger partial charge in [0.15, 0.2) is 0 Å². The van der Waals surface area contributed by atoms with Gasteiger partial charge in [0.1, 0.15) is 11.4 Å². The van der Waals surface area contributed by atoms with Crippen molar-refractivity contribution in [2.24, 2.45) is 12.8 Å². The van der Waals surface area contributed by atoms with Gasteiger partial charge in [-0.1, -0.05) is 0 Å². The van der Waals surface area contributed by atoms with Crippen molar-refractivity contribution >= 4 is 6.09 Å². The summed E-state index contributed by atoms with van der Waals surface area (Å²) in [5.41, 5.74) is 5.14. The summed E-state index contributed by atoms with van der Waals surface area (Å²) in [7, 11) is 1.91. The molecule has 1 rings (SSSR count). The third-order valence-electron chi connectivity index (χ3n) is 2.36. The first-order chi connectivity index (χ1) is 8.31. The second-order valence-corrected chi connectivity index (χ2v) is 5.24. The molecule has 6 nitrogen and oxygen atoms in total. The number of amides is 1. The number of rotatable bonds is 4. The molecule has 3 N–H and O–H groups in total. The van der Waals surface area contributed by atoms with Crippen LogP contribution in [0.3, 0.4) is 0 Å². The van der Waals surface area contributed by atoms with Gasteiger partial charge in [-0.15, -0.1) is 0 Å². The van der Waals surface area contributed by atoms with E-state index in [-0.39, 0.29) is 6.04 Å². The first kappa shape index (κ1) is 14.5. The topological polar surface area (TPSA) is 82.2 Å². The van der Waals surface area contributed by atoms with Crippen LogP contribution in [-0.2, 0) is 18.2 Å². The Morgan fingerprint density at radius 1 is 1.61 bits per heavy atom. The average molecular weight is 254 g/mol. The molecule has 0 aliphatic rings. The summed E-state index contributed by atoms with van der Waals surface area (Å²) in [6.45, 7) is 5.81. The van der Waals surface area contributed by atoms with Crippen molar-refractivity contribution in [2.75, 3.05) is 6.54 Å². The highest BCUT2D eigenvalue weighted by atomic mass is 16.6. The average Bonchev–Trinajstić information content (AvgIpc) is 2.60. The molecule has 1 aromatic rings. The minimum absolute atomic E-state index is 0.180. The Morgan fingerprint density at radius 2 is 2.28 bits per heavy atom. The number of hydrogen-bond donors (Lipinski definition) is 2. The number of alkyl carbamates (subject to hydrolysis) is 1. The SMILES string of the molecule is Cn1ccnc1CC(CN)NC(=O)OC(C)(C)C. The van der Waals surface area contributed by atoms with Crippen LogP contribution in [-0.4, -0.2) is 33.8 Å². The predicted molar refractivity (Wildman–Crippen MR) is 69.1 cm³/mol. The van der Waals surface area contributed by atoms with Crippen molar-refractivity contribution in [3.05, 3.63) is 18.2 Å². The number of ether oxygens (including phenoxy) is 1. The van der Waals surface area contributed by atoms with Crippen LogP contribution in [0.1, 0.15) is 26.6 Å². The van der Waals surface area contributed by atoms with Crippen LogP contribution >= 0.6 is 0 Å². The maximum absolute atomic E-state index is 11.6. The summed E-state index contributed by atoms with van der Waals surface area (Å²) < 4.78 is 7.09. The van der Waals surface area contributed by atoms with E-state index in [1.165, 1.54) is 0 Å². The highest BCUT2D eigenvalue weighted by molar-refractivity contribution is 5.68. The zero-order valence-electron chi connectivity index (χ0n) is 11.4. The second-order valence-electron chi connectivity index (χ2n) is 5.24. The van der Waals surface area contributed by atoms with E-state index < -0.39 is 11.7 Å². The van der Waals surface area contributed by atoms with E-state index in [2.05, 4.69) is 10.3 Å². The summed E-state index contributed by atoms with van der Waals surface area (Å²) in [6.07, 6.45) is 3.71. The van der Waals surface area contributed by atoms with Crippen LogP contribution in [0.2, 0.25) is 0 Å². The number of nitrogens with two attached hydrogens (primary N) is 1. The van der Waals surface area contributed by atoms with Gasteiger partial charge in [-0.2, -0.15) is 0 Å². The summed E-state index contributed by atoms with van der Waals surface area (Å²) in [5.74, 6) is 0.876. The van der Waals surface area contributed by atoms with Crippen LogP contribution in [0, 0.1) is 0 Å². The minimum Gasteiger partial charge on any atom is -0.444 e. The van der Waals surface area contributed by atoms with Crippen molar-refractivity contribution in [3.8, 4) is 0 Å². The Kier molecular flexibility index (Phi) is 4.72. The molecule has 0 aliphatic carbocycles. The standard InChI is InChI=1S/C12H22N4O2/c1-12(2,3)18-11(17)15-9(8-13)7-10-14-5-6-16(10)4/h5-6,9H,7-8,13H2,1-4H3,(H,15,17). The number of aryl methyl sites for hydroxylation is 1. The Morgan fingerprint density at radius 3 is 2.72 bits per heavy atom. The van der Waals surface area contributed by atoms with Gasteiger partial charge in [0.25, 0.3) is 0 Å². The number of nitrogens with zero attached hydrogens (tertiary/aromatic N) is 2. The summed E-state index contributed by atoms with van der Waals surface area (Å²) in [4.78, 5) is 15.8. The van der Waals surface area contributed by atoms with E-state index in [9.17, 15) is 4.79 Å². The molecular weight excluding hydrogens is 232 g/mol. The van der Waals surface area contributed by atoms with Crippen molar-refractivity contribution in [1.82, 2.24) is 14.9 Å². The fraction of sp³-hybridized carbons (Fsp3) is 0.667. The largest absolute Gasteiger partial charge is 0.444 e. The molecule has 102 valence electrons. The first-order valence-electron chi connectivity index (χ1n) is 5.97. The van der Waals surface area contributed by atoms with E-state index in [4.69, 9.17) is 10.5 Å². The molecule has 1 atom stereocenters. The molecule has 0 bridgehead atoms. The summed E-state index contributed by atoms with van der Waals surface area (Å²) in [5, 5.41) is 2.75. The summed E-state index contributed by atoms with van der Waals surface area (Å²) >= 11 is 0. The minimum atomic E-state index is -0.507. The van der Waals surface area contributed by atoms with Gasteiger partial charge < -0.3 is 20.4 Å². The van der Waals surface area contributed by atoms with Crippen LogP contribution in [0.5, 0.6) is 0 Å². The Bertz CT molecular complexity index is 395. The van der Waals surface area contributed by atoms with Gasteiger partial charge in [0.05, 0.1) is 6.04 Å². The van der Waals surface area contributed by atoms with Crippen molar-refractivity contribution in [1.29, 1.82) is 0 Å². The lowest BCUT2D eigenvalue weighted by molar-refractivity contribution is 0.0505. The molecule has 0 fully saturated rings. The Balaban J connectivity index is 2.52. The Hall–Kier alpha value is -1.56. The fourth-order valence-electron chi connectivity index (χ4n) is 1.48. The number of imidazole rings is 1. The zero-order chi connectivity index (χ0) is 13.8. The van der Waals surface area contributed by atoms with E-state index in [0.717, 1.165) is 5.82 Å². The second kappa shape index (κ2) is 5.86. The lowest BCUT2D eigenvalue weighted by atomic mass is 10.2.